The van der Waals surface area contributed by atoms with Gasteiger partial charge in [-0.3, -0.25) is 4.79 Å². The lowest BCUT2D eigenvalue weighted by Gasteiger charge is -2.22. The second-order valence-corrected chi connectivity index (χ2v) is 8.53. The zero-order valence-corrected chi connectivity index (χ0v) is 17.1. The van der Waals surface area contributed by atoms with E-state index in [9.17, 15) is 18.0 Å². The SMILES string of the molecule is O=C(C1=Nc2ncc(CCO)c[n+]21)N1C[C@H]2CC(c3ccccc3OC(F)(F)F)C[C@H]2C1. The number of aliphatic hydroxyl groups is 1. The van der Waals surface area contributed by atoms with Gasteiger partial charge in [0, 0.05) is 31.7 Å². The summed E-state index contributed by atoms with van der Waals surface area (Å²) in [6.07, 6.45) is 0.549. The summed E-state index contributed by atoms with van der Waals surface area (Å²) in [5, 5.41) is 9.11. The van der Waals surface area contributed by atoms with Crippen LogP contribution < -0.4 is 9.30 Å². The summed E-state index contributed by atoms with van der Waals surface area (Å²) in [5.74, 6) is 0.891. The molecule has 1 saturated carbocycles. The molecule has 32 heavy (non-hydrogen) atoms. The van der Waals surface area contributed by atoms with Crippen LogP contribution in [-0.4, -0.2) is 52.8 Å². The van der Waals surface area contributed by atoms with E-state index >= 15 is 0 Å². The molecule has 0 radical (unpaired) electrons. The predicted molar refractivity (Wildman–Crippen MR) is 106 cm³/mol. The number of aromatic nitrogens is 2. The van der Waals surface area contributed by atoms with Gasteiger partial charge in [0.25, 0.3) is 0 Å². The van der Waals surface area contributed by atoms with E-state index in [2.05, 4.69) is 14.7 Å². The van der Waals surface area contributed by atoms with Crippen molar-refractivity contribution in [3.8, 4) is 5.75 Å². The van der Waals surface area contributed by atoms with Crippen molar-refractivity contribution in [2.24, 2.45) is 16.8 Å². The Kier molecular flexibility index (Phi) is 5.11. The summed E-state index contributed by atoms with van der Waals surface area (Å²) >= 11 is 0. The highest BCUT2D eigenvalue weighted by Gasteiger charge is 2.46. The minimum atomic E-state index is -4.73. The molecule has 10 heteroatoms. The van der Waals surface area contributed by atoms with Crippen LogP contribution in [0.15, 0.2) is 41.7 Å². The summed E-state index contributed by atoms with van der Waals surface area (Å²) in [6.45, 7) is 1.11. The number of alkyl halides is 3. The zero-order chi connectivity index (χ0) is 22.5. The average molecular weight is 447 g/mol. The van der Waals surface area contributed by atoms with Crippen LogP contribution in [0.3, 0.4) is 0 Å². The van der Waals surface area contributed by atoms with Gasteiger partial charge in [-0.2, -0.15) is 4.57 Å². The molecule has 1 N–H and O–H groups in total. The first-order valence-corrected chi connectivity index (χ1v) is 10.6. The Labute approximate surface area is 182 Å². The third-order valence-electron chi connectivity index (χ3n) is 6.50. The number of rotatable bonds is 5. The van der Waals surface area contributed by atoms with Crippen molar-refractivity contribution < 1.29 is 32.4 Å². The van der Waals surface area contributed by atoms with Crippen LogP contribution in [0.1, 0.15) is 29.9 Å². The van der Waals surface area contributed by atoms with E-state index in [-0.39, 0.29) is 36.0 Å². The number of halogens is 3. The van der Waals surface area contributed by atoms with E-state index in [1.165, 1.54) is 12.1 Å². The van der Waals surface area contributed by atoms with Crippen molar-refractivity contribution in [3.63, 3.8) is 0 Å². The molecular formula is C22H22F3N4O3+. The fraction of sp³-hybridized carbons (Fsp3) is 0.455. The van der Waals surface area contributed by atoms with E-state index < -0.39 is 6.36 Å². The lowest BCUT2D eigenvalue weighted by molar-refractivity contribution is -0.559. The van der Waals surface area contributed by atoms with Gasteiger partial charge in [-0.05, 0) is 42.2 Å². The van der Waals surface area contributed by atoms with Gasteiger partial charge in [0.1, 0.15) is 5.75 Å². The molecule has 2 fully saturated rings. The maximum atomic E-state index is 13.0. The third kappa shape index (κ3) is 3.83. The molecule has 1 saturated heterocycles. The van der Waals surface area contributed by atoms with Crippen LogP contribution in [0.5, 0.6) is 5.75 Å². The van der Waals surface area contributed by atoms with E-state index in [1.807, 2.05) is 0 Å². The van der Waals surface area contributed by atoms with Gasteiger partial charge in [0.15, 0.2) is 0 Å². The molecule has 1 amide bonds. The van der Waals surface area contributed by atoms with Gasteiger partial charge >= 0.3 is 24.1 Å². The number of hydrogen-bond acceptors (Lipinski definition) is 5. The Hall–Kier alpha value is -3.01. The van der Waals surface area contributed by atoms with Gasteiger partial charge in [-0.25, -0.2) is 0 Å². The van der Waals surface area contributed by atoms with Gasteiger partial charge in [-0.15, -0.1) is 18.2 Å². The van der Waals surface area contributed by atoms with Crippen molar-refractivity contribution >= 4 is 17.7 Å². The summed E-state index contributed by atoms with van der Waals surface area (Å²) in [7, 11) is 0. The number of para-hydroxylation sites is 1. The Morgan fingerprint density at radius 1 is 1.22 bits per heavy atom. The van der Waals surface area contributed by atoms with Crippen molar-refractivity contribution in [2.75, 3.05) is 19.7 Å². The molecule has 5 rings (SSSR count). The predicted octanol–water partition coefficient (Wildman–Crippen LogP) is 2.35. The van der Waals surface area contributed by atoms with Crippen molar-refractivity contribution in [1.29, 1.82) is 0 Å². The maximum absolute atomic E-state index is 13.0. The van der Waals surface area contributed by atoms with Gasteiger partial charge in [0.05, 0.1) is 12.4 Å². The van der Waals surface area contributed by atoms with Crippen LogP contribution in [-0.2, 0) is 11.2 Å². The summed E-state index contributed by atoms with van der Waals surface area (Å²) in [5.41, 5.74) is 1.39. The number of carbonyl (C=O) groups excluding carboxylic acids is 1. The second kappa shape index (κ2) is 7.84. The zero-order valence-electron chi connectivity index (χ0n) is 17.1. The fourth-order valence-electron chi connectivity index (χ4n) is 5.11. The number of aliphatic imine (C=N–C) groups is 1. The molecule has 1 aromatic heterocycles. The Morgan fingerprint density at radius 3 is 2.62 bits per heavy atom. The van der Waals surface area contributed by atoms with E-state index in [1.54, 1.807) is 34.0 Å². The number of aliphatic hydroxyl groups excluding tert-OH is 1. The normalized spacial score (nSPS) is 23.9. The Bertz CT molecular complexity index is 1070. The monoisotopic (exact) mass is 447 g/mol. The molecule has 0 bridgehead atoms. The molecule has 1 aliphatic carbocycles. The van der Waals surface area contributed by atoms with Crippen molar-refractivity contribution in [3.05, 3.63) is 47.8 Å². The number of ether oxygens (including phenoxy) is 1. The van der Waals surface area contributed by atoms with Crippen LogP contribution in [0.2, 0.25) is 0 Å². The summed E-state index contributed by atoms with van der Waals surface area (Å²) in [4.78, 5) is 23.2. The van der Waals surface area contributed by atoms with Crippen LogP contribution in [0, 0.1) is 11.8 Å². The molecule has 168 valence electrons. The molecule has 3 atom stereocenters. The van der Waals surface area contributed by atoms with Gasteiger partial charge in [-0.1, -0.05) is 23.2 Å². The molecule has 2 aliphatic heterocycles. The first-order chi connectivity index (χ1) is 15.3. The number of likely N-dealkylation sites (tertiary alicyclic amines) is 1. The summed E-state index contributed by atoms with van der Waals surface area (Å²) in [6, 6.07) is 6.32. The van der Waals surface area contributed by atoms with Crippen LogP contribution >= 0.6 is 0 Å². The number of fused-ring (bicyclic) bond motifs is 2. The van der Waals surface area contributed by atoms with Crippen molar-refractivity contribution in [2.45, 2.75) is 31.5 Å². The fourth-order valence-corrected chi connectivity index (χ4v) is 5.11. The highest BCUT2D eigenvalue weighted by atomic mass is 19.4. The molecular weight excluding hydrogens is 425 g/mol. The van der Waals surface area contributed by atoms with E-state index in [0.29, 0.717) is 49.7 Å². The van der Waals surface area contributed by atoms with Gasteiger partial charge in [0.2, 0.25) is 0 Å². The largest absolute Gasteiger partial charge is 0.573 e. The van der Waals surface area contributed by atoms with Crippen LogP contribution in [0.4, 0.5) is 19.1 Å². The number of hydrogen-bond donors (Lipinski definition) is 1. The lowest BCUT2D eigenvalue weighted by atomic mass is 9.95. The molecule has 0 spiro atoms. The number of amides is 1. The minimum Gasteiger partial charge on any atom is -0.405 e. The standard InChI is InChI=1S/C22H22F3N4O3/c23-22(24,25)32-18-4-2-1-3-17(18)14-7-15-11-28(12-16(15)8-14)20(31)19-27-21-26-9-13(5-6-30)10-29(19)21/h1-4,9-10,14-16,30H,5-8,11-12H2/q+1/t14?,15-,16+. The Balaban J connectivity index is 1.25. The number of nitrogens with zero attached hydrogens (tertiary/aromatic N) is 4. The lowest BCUT2D eigenvalue weighted by Crippen LogP contribution is -2.58. The smallest absolute Gasteiger partial charge is 0.405 e. The number of benzene rings is 1. The first kappa shape index (κ1) is 20.9. The van der Waals surface area contributed by atoms with E-state index in [4.69, 9.17) is 5.11 Å². The quantitative estimate of drug-likeness (QED) is 0.714. The highest BCUT2D eigenvalue weighted by molar-refractivity contribution is 6.35. The molecule has 3 aliphatic rings. The topological polar surface area (TPSA) is 78.9 Å². The molecule has 3 heterocycles. The molecule has 2 aromatic rings. The minimum absolute atomic E-state index is 0.00472. The Morgan fingerprint density at radius 2 is 1.94 bits per heavy atom. The highest BCUT2D eigenvalue weighted by Crippen LogP contribution is 2.48. The third-order valence-corrected chi connectivity index (χ3v) is 6.50. The first-order valence-electron chi connectivity index (χ1n) is 10.6. The second-order valence-electron chi connectivity index (χ2n) is 8.53. The average Bonchev–Trinajstić information content (AvgIpc) is 3.29. The van der Waals surface area contributed by atoms with Crippen LogP contribution in [0.25, 0.3) is 0 Å². The number of carbonyl (C=O) groups is 1. The molecule has 1 unspecified atom stereocenters. The van der Waals surface area contributed by atoms with Crippen molar-refractivity contribution in [1.82, 2.24) is 9.88 Å². The maximum Gasteiger partial charge on any atom is 0.573 e. The van der Waals surface area contributed by atoms with Gasteiger partial charge < -0.3 is 14.7 Å². The molecule has 7 nitrogen and oxygen atoms in total. The van der Waals surface area contributed by atoms with E-state index in [0.717, 1.165) is 5.56 Å². The molecule has 1 aromatic carbocycles. The summed E-state index contributed by atoms with van der Waals surface area (Å²) < 4.78 is 44.2.